The molecular formula is C20H26ClN7O2S. The van der Waals surface area contributed by atoms with Gasteiger partial charge in [-0.05, 0) is 47.9 Å². The minimum absolute atomic E-state index is 0.0445. The largest absolute Gasteiger partial charge is 0.340 e. The van der Waals surface area contributed by atoms with Crippen LogP contribution in [0.3, 0.4) is 0 Å². The van der Waals surface area contributed by atoms with E-state index in [9.17, 15) is 9.59 Å². The van der Waals surface area contributed by atoms with Gasteiger partial charge in [-0.15, -0.1) is 5.10 Å². The zero-order valence-electron chi connectivity index (χ0n) is 17.2. The molecule has 1 aromatic carbocycles. The summed E-state index contributed by atoms with van der Waals surface area (Å²) in [7, 11) is 0. The van der Waals surface area contributed by atoms with Gasteiger partial charge >= 0.3 is 6.03 Å². The van der Waals surface area contributed by atoms with Gasteiger partial charge in [-0.3, -0.25) is 4.79 Å². The second-order valence-electron chi connectivity index (χ2n) is 7.79. The zero-order valence-corrected chi connectivity index (χ0v) is 18.8. The summed E-state index contributed by atoms with van der Waals surface area (Å²) in [4.78, 5) is 28.9. The molecular weight excluding hydrogens is 438 g/mol. The average Bonchev–Trinajstić information content (AvgIpc) is 3.38. The van der Waals surface area contributed by atoms with E-state index in [0.717, 1.165) is 19.3 Å². The highest BCUT2D eigenvalue weighted by atomic mass is 35.5. The molecule has 0 radical (unpaired) electrons. The Labute approximate surface area is 190 Å². The van der Waals surface area contributed by atoms with E-state index in [1.54, 1.807) is 29.2 Å². The van der Waals surface area contributed by atoms with E-state index in [1.165, 1.54) is 24.6 Å². The summed E-state index contributed by atoms with van der Waals surface area (Å²) >= 11 is 7.37. The van der Waals surface area contributed by atoms with Crippen LogP contribution in [0, 0.1) is 0 Å². The van der Waals surface area contributed by atoms with E-state index < -0.39 is 0 Å². The number of aromatic nitrogens is 4. The van der Waals surface area contributed by atoms with Gasteiger partial charge in [-0.25, -0.2) is 9.48 Å². The lowest BCUT2D eigenvalue weighted by Crippen LogP contribution is -2.39. The van der Waals surface area contributed by atoms with Gasteiger partial charge in [0.15, 0.2) is 0 Å². The predicted octanol–water partition coefficient (Wildman–Crippen LogP) is 3.30. The molecule has 9 nitrogen and oxygen atoms in total. The third kappa shape index (κ3) is 5.68. The lowest BCUT2D eigenvalue weighted by molar-refractivity contribution is -0.128. The molecule has 1 saturated heterocycles. The van der Waals surface area contributed by atoms with Crippen molar-refractivity contribution in [1.29, 1.82) is 0 Å². The number of benzene rings is 1. The van der Waals surface area contributed by atoms with E-state index in [1.807, 2.05) is 9.58 Å². The first-order valence-corrected chi connectivity index (χ1v) is 12.0. The molecule has 1 aromatic heterocycles. The number of carbonyl (C=O) groups excluding carboxylic acids is 2. The number of nitrogens with one attached hydrogen (secondary N) is 1. The molecule has 1 saturated carbocycles. The van der Waals surface area contributed by atoms with Crippen molar-refractivity contribution in [1.82, 2.24) is 30.0 Å². The van der Waals surface area contributed by atoms with Gasteiger partial charge in [-0.2, -0.15) is 0 Å². The van der Waals surface area contributed by atoms with Crippen molar-refractivity contribution in [2.24, 2.45) is 0 Å². The molecule has 2 fully saturated rings. The maximum atomic E-state index is 12.8. The first-order chi connectivity index (χ1) is 15.1. The van der Waals surface area contributed by atoms with Gasteiger partial charge in [0, 0.05) is 36.9 Å². The van der Waals surface area contributed by atoms with Gasteiger partial charge in [0.2, 0.25) is 11.1 Å². The Morgan fingerprint density at radius 1 is 1.10 bits per heavy atom. The van der Waals surface area contributed by atoms with Crippen molar-refractivity contribution < 1.29 is 9.59 Å². The van der Waals surface area contributed by atoms with Crippen LogP contribution in [0.4, 0.5) is 10.5 Å². The lowest BCUT2D eigenvalue weighted by atomic mass is 10.3. The van der Waals surface area contributed by atoms with Crippen molar-refractivity contribution in [2.75, 3.05) is 37.2 Å². The van der Waals surface area contributed by atoms with E-state index in [0.29, 0.717) is 53.8 Å². The summed E-state index contributed by atoms with van der Waals surface area (Å²) in [5.74, 6) is 0.338. The fourth-order valence-corrected chi connectivity index (χ4v) is 5.05. The number of anilines is 1. The summed E-state index contributed by atoms with van der Waals surface area (Å²) in [5, 5.41) is 16.2. The summed E-state index contributed by atoms with van der Waals surface area (Å²) < 4.78 is 1.87. The van der Waals surface area contributed by atoms with Crippen molar-refractivity contribution in [3.8, 4) is 0 Å². The highest BCUT2D eigenvalue weighted by Gasteiger charge is 2.25. The number of halogens is 1. The van der Waals surface area contributed by atoms with Gasteiger partial charge in [-0.1, -0.05) is 42.3 Å². The molecule has 0 unspecified atom stereocenters. The Kier molecular flexibility index (Phi) is 7.29. The predicted molar refractivity (Wildman–Crippen MR) is 119 cm³/mol. The monoisotopic (exact) mass is 463 g/mol. The summed E-state index contributed by atoms with van der Waals surface area (Å²) in [6.07, 6.45) is 5.31. The second-order valence-corrected chi connectivity index (χ2v) is 9.17. The summed E-state index contributed by atoms with van der Waals surface area (Å²) in [6.45, 7) is 2.23. The van der Waals surface area contributed by atoms with Crippen LogP contribution in [0.5, 0.6) is 0 Å². The third-order valence-electron chi connectivity index (χ3n) is 5.67. The number of tetrazole rings is 1. The van der Waals surface area contributed by atoms with Crippen LogP contribution < -0.4 is 5.32 Å². The maximum absolute atomic E-state index is 12.8. The number of amides is 3. The number of urea groups is 1. The SMILES string of the molecule is O=C(CSc1nnnn1C1CCCC1)N1CCCN(C(=O)Nc2cccc(Cl)c2)CC1. The normalized spacial score (nSPS) is 17.6. The van der Waals surface area contributed by atoms with Crippen LogP contribution in [-0.2, 0) is 4.79 Å². The van der Waals surface area contributed by atoms with Gasteiger partial charge in [0.05, 0.1) is 11.8 Å². The Balaban J connectivity index is 1.27. The van der Waals surface area contributed by atoms with Crippen molar-refractivity contribution in [2.45, 2.75) is 43.3 Å². The van der Waals surface area contributed by atoms with Crippen LogP contribution in [0.15, 0.2) is 29.4 Å². The molecule has 3 amide bonds. The van der Waals surface area contributed by atoms with Crippen molar-refractivity contribution in [3.63, 3.8) is 0 Å². The minimum Gasteiger partial charge on any atom is -0.340 e. The molecule has 166 valence electrons. The fourth-order valence-electron chi connectivity index (χ4n) is 4.01. The molecule has 0 bridgehead atoms. The zero-order chi connectivity index (χ0) is 21.6. The average molecular weight is 464 g/mol. The minimum atomic E-state index is -0.179. The van der Waals surface area contributed by atoms with Crippen molar-refractivity contribution >= 4 is 41.0 Å². The molecule has 31 heavy (non-hydrogen) atoms. The number of carbonyl (C=O) groups is 2. The number of hydrogen-bond acceptors (Lipinski definition) is 6. The maximum Gasteiger partial charge on any atom is 0.321 e. The number of thioether (sulfide) groups is 1. The standard InChI is InChI=1S/C20H26ClN7O2S/c21-15-5-3-6-16(13-15)22-19(30)27-10-4-9-26(11-12-27)18(29)14-31-20-23-24-25-28(20)17-7-1-2-8-17/h3,5-6,13,17H,1-2,4,7-12,14H2,(H,22,30). The molecule has 1 N–H and O–H groups in total. The first kappa shape index (κ1) is 21.9. The smallest absolute Gasteiger partial charge is 0.321 e. The number of nitrogens with zero attached hydrogens (tertiary/aromatic N) is 6. The van der Waals surface area contributed by atoms with Gasteiger partial charge in [0.25, 0.3) is 0 Å². The van der Waals surface area contributed by atoms with E-state index in [2.05, 4.69) is 20.8 Å². The molecule has 2 heterocycles. The topological polar surface area (TPSA) is 96.2 Å². The quantitative estimate of drug-likeness (QED) is 0.683. The highest BCUT2D eigenvalue weighted by molar-refractivity contribution is 7.99. The molecule has 11 heteroatoms. The van der Waals surface area contributed by atoms with E-state index in [-0.39, 0.29) is 11.9 Å². The Morgan fingerprint density at radius 2 is 1.87 bits per heavy atom. The fraction of sp³-hybridized carbons (Fsp3) is 0.550. The summed E-state index contributed by atoms with van der Waals surface area (Å²) in [6, 6.07) is 7.23. The van der Waals surface area contributed by atoms with E-state index >= 15 is 0 Å². The van der Waals surface area contributed by atoms with E-state index in [4.69, 9.17) is 11.6 Å². The molecule has 1 aliphatic carbocycles. The second kappa shape index (κ2) is 10.3. The number of hydrogen-bond donors (Lipinski definition) is 1. The Hall–Kier alpha value is -2.33. The Bertz CT molecular complexity index is 918. The van der Waals surface area contributed by atoms with Crippen molar-refractivity contribution in [3.05, 3.63) is 29.3 Å². The van der Waals surface area contributed by atoms with Crippen LogP contribution in [-0.4, -0.2) is 73.9 Å². The first-order valence-electron chi connectivity index (χ1n) is 10.6. The van der Waals surface area contributed by atoms with Crippen LogP contribution >= 0.6 is 23.4 Å². The molecule has 2 aromatic rings. The molecule has 1 aliphatic heterocycles. The van der Waals surface area contributed by atoms with Gasteiger partial charge in [0.1, 0.15) is 0 Å². The molecule has 0 atom stereocenters. The molecule has 0 spiro atoms. The summed E-state index contributed by atoms with van der Waals surface area (Å²) in [5.41, 5.74) is 0.658. The van der Waals surface area contributed by atoms with Crippen LogP contribution in [0.2, 0.25) is 5.02 Å². The van der Waals surface area contributed by atoms with Crippen LogP contribution in [0.25, 0.3) is 0 Å². The molecule has 2 aliphatic rings. The Morgan fingerprint density at radius 3 is 2.68 bits per heavy atom. The van der Waals surface area contributed by atoms with Gasteiger partial charge < -0.3 is 15.1 Å². The molecule has 4 rings (SSSR count). The number of rotatable bonds is 5. The highest BCUT2D eigenvalue weighted by Crippen LogP contribution is 2.31. The van der Waals surface area contributed by atoms with Crippen LogP contribution in [0.1, 0.15) is 38.1 Å². The third-order valence-corrected chi connectivity index (χ3v) is 6.82. The lowest BCUT2D eigenvalue weighted by Gasteiger charge is -2.22.